The number of methoxy groups -OCH3 is 1. The van der Waals surface area contributed by atoms with E-state index in [1.165, 1.54) is 7.11 Å². The molecule has 0 aromatic rings. The lowest BCUT2D eigenvalue weighted by Gasteiger charge is -2.14. The zero-order valence-electron chi connectivity index (χ0n) is 6.23. The van der Waals surface area contributed by atoms with Crippen LogP contribution < -0.4 is 0 Å². The number of amides is 1. The summed E-state index contributed by atoms with van der Waals surface area (Å²) in [6.07, 6.45) is -0.838. The smallest absolute Gasteiger partial charge is 0.434 e. The zero-order chi connectivity index (χ0) is 8.85. The summed E-state index contributed by atoms with van der Waals surface area (Å²) >= 11 is 0. The Kier molecular flexibility index (Phi) is 3.97. The van der Waals surface area contributed by atoms with Crippen LogP contribution >= 0.6 is 0 Å². The van der Waals surface area contributed by atoms with Crippen LogP contribution in [-0.2, 0) is 14.4 Å². The molecule has 0 aliphatic rings. The number of carboxylic acid groups (broad SMARTS) is 1. The van der Waals surface area contributed by atoms with Gasteiger partial charge in [0.25, 0.3) is 0 Å². The van der Waals surface area contributed by atoms with Crippen LogP contribution in [0.1, 0.15) is 0 Å². The number of carboxylic acids is 1. The lowest BCUT2D eigenvalue weighted by atomic mass is 10.6. The number of hydroxylamine groups is 2. The molecular formula is C5H9NO5. The molecule has 0 saturated carbocycles. The average Bonchev–Trinajstić information content (AvgIpc) is 1.98. The first-order valence-electron chi connectivity index (χ1n) is 2.73. The Hall–Kier alpha value is -1.30. The minimum absolute atomic E-state index is 0.539. The highest BCUT2D eigenvalue weighted by atomic mass is 16.7. The van der Waals surface area contributed by atoms with Crippen LogP contribution in [0.25, 0.3) is 0 Å². The van der Waals surface area contributed by atoms with Gasteiger partial charge >= 0.3 is 12.1 Å². The van der Waals surface area contributed by atoms with Gasteiger partial charge in [0.15, 0.2) is 0 Å². The van der Waals surface area contributed by atoms with Crippen molar-refractivity contribution in [2.24, 2.45) is 0 Å². The van der Waals surface area contributed by atoms with E-state index in [-0.39, 0.29) is 0 Å². The van der Waals surface area contributed by atoms with Gasteiger partial charge in [0, 0.05) is 0 Å². The van der Waals surface area contributed by atoms with Crippen molar-refractivity contribution < 1.29 is 24.3 Å². The summed E-state index contributed by atoms with van der Waals surface area (Å²) in [4.78, 5) is 25.0. The van der Waals surface area contributed by atoms with Gasteiger partial charge < -0.3 is 9.84 Å². The molecule has 0 aromatic carbocycles. The van der Waals surface area contributed by atoms with Crippen molar-refractivity contribution in [2.75, 3.05) is 20.8 Å². The molecule has 1 amide bonds. The standard InChI is InChI=1S/C5H9NO5/c1-10-5(9)6(11-2)3-4(7)8/h3H2,1-2H3,(H,7,8). The van der Waals surface area contributed by atoms with Crippen LogP contribution in [0.3, 0.4) is 0 Å². The van der Waals surface area contributed by atoms with Crippen LogP contribution in [0.15, 0.2) is 0 Å². The minimum Gasteiger partial charge on any atom is -0.480 e. The summed E-state index contributed by atoms with van der Waals surface area (Å²) in [7, 11) is 2.32. The third-order valence-corrected chi connectivity index (χ3v) is 0.878. The second-order valence-electron chi connectivity index (χ2n) is 1.58. The number of hydrogen-bond acceptors (Lipinski definition) is 4. The molecule has 0 aliphatic heterocycles. The van der Waals surface area contributed by atoms with Gasteiger partial charge in [-0.2, -0.15) is 5.06 Å². The molecule has 0 unspecified atom stereocenters. The Morgan fingerprint density at radius 2 is 2.00 bits per heavy atom. The number of ether oxygens (including phenoxy) is 1. The fourth-order valence-corrected chi connectivity index (χ4v) is 0.428. The molecule has 0 saturated heterocycles. The van der Waals surface area contributed by atoms with E-state index in [1.807, 2.05) is 0 Å². The van der Waals surface area contributed by atoms with Crippen molar-refractivity contribution in [3.63, 3.8) is 0 Å². The van der Waals surface area contributed by atoms with Gasteiger partial charge in [0.2, 0.25) is 0 Å². The van der Waals surface area contributed by atoms with Gasteiger partial charge in [-0.15, -0.1) is 0 Å². The van der Waals surface area contributed by atoms with Gasteiger partial charge in [-0.05, 0) is 0 Å². The first kappa shape index (κ1) is 9.70. The van der Waals surface area contributed by atoms with Crippen molar-refractivity contribution in [3.8, 4) is 0 Å². The maximum absolute atomic E-state index is 10.6. The van der Waals surface area contributed by atoms with E-state index in [0.717, 1.165) is 7.11 Å². The molecule has 0 aliphatic carbocycles. The van der Waals surface area contributed by atoms with Crippen LogP contribution in [-0.4, -0.2) is 43.0 Å². The van der Waals surface area contributed by atoms with E-state index in [9.17, 15) is 9.59 Å². The highest BCUT2D eigenvalue weighted by Gasteiger charge is 2.15. The summed E-state index contributed by atoms with van der Waals surface area (Å²) in [5.74, 6) is -1.17. The molecule has 0 spiro atoms. The molecule has 0 fully saturated rings. The van der Waals surface area contributed by atoms with Crippen LogP contribution in [0, 0.1) is 0 Å². The second-order valence-corrected chi connectivity index (χ2v) is 1.58. The largest absolute Gasteiger partial charge is 0.480 e. The molecule has 0 aromatic heterocycles. The lowest BCUT2D eigenvalue weighted by molar-refractivity contribution is -0.154. The van der Waals surface area contributed by atoms with Crippen molar-refractivity contribution in [1.82, 2.24) is 5.06 Å². The first-order valence-corrected chi connectivity index (χ1v) is 2.73. The molecule has 11 heavy (non-hydrogen) atoms. The van der Waals surface area contributed by atoms with E-state index in [1.54, 1.807) is 0 Å². The highest BCUT2D eigenvalue weighted by molar-refractivity contribution is 5.75. The van der Waals surface area contributed by atoms with Gasteiger partial charge in [0.05, 0.1) is 14.2 Å². The number of hydrogen-bond donors (Lipinski definition) is 1. The predicted molar refractivity (Wildman–Crippen MR) is 33.8 cm³/mol. The summed E-state index contributed by atoms with van der Waals surface area (Å²) in [6, 6.07) is 0. The molecule has 6 nitrogen and oxygen atoms in total. The Labute approximate surface area is 63.3 Å². The van der Waals surface area contributed by atoms with Crippen LogP contribution in [0.2, 0.25) is 0 Å². The molecule has 1 N–H and O–H groups in total. The second kappa shape index (κ2) is 4.51. The number of aliphatic carboxylic acids is 1. The van der Waals surface area contributed by atoms with E-state index < -0.39 is 18.6 Å². The quantitative estimate of drug-likeness (QED) is 0.578. The first-order chi connectivity index (χ1) is 5.11. The van der Waals surface area contributed by atoms with E-state index >= 15 is 0 Å². The van der Waals surface area contributed by atoms with E-state index in [0.29, 0.717) is 5.06 Å². The molecule has 64 valence electrons. The number of carbonyl (C=O) groups is 2. The van der Waals surface area contributed by atoms with Crippen LogP contribution in [0.5, 0.6) is 0 Å². The molecule has 0 rings (SSSR count). The summed E-state index contributed by atoms with van der Waals surface area (Å²) in [5.41, 5.74) is 0. The Bertz CT molecular complexity index is 157. The molecule has 0 radical (unpaired) electrons. The van der Waals surface area contributed by atoms with Crippen molar-refractivity contribution in [1.29, 1.82) is 0 Å². The third kappa shape index (κ3) is 3.41. The normalized spacial score (nSPS) is 8.91. The Morgan fingerprint density at radius 3 is 2.27 bits per heavy atom. The zero-order valence-corrected chi connectivity index (χ0v) is 6.23. The fourth-order valence-electron chi connectivity index (χ4n) is 0.428. The van der Waals surface area contributed by atoms with Crippen molar-refractivity contribution in [2.45, 2.75) is 0 Å². The SMILES string of the molecule is COC(=O)N(CC(=O)O)OC. The number of nitrogens with zero attached hydrogens (tertiary/aromatic N) is 1. The lowest BCUT2D eigenvalue weighted by Crippen LogP contribution is -2.34. The fraction of sp³-hybridized carbons (Fsp3) is 0.600. The van der Waals surface area contributed by atoms with Gasteiger partial charge in [-0.1, -0.05) is 0 Å². The minimum atomic E-state index is -1.17. The topological polar surface area (TPSA) is 76.1 Å². The van der Waals surface area contributed by atoms with Gasteiger partial charge in [0.1, 0.15) is 6.54 Å². The maximum atomic E-state index is 10.6. The van der Waals surface area contributed by atoms with E-state index in [4.69, 9.17) is 5.11 Å². The Morgan fingerprint density at radius 1 is 1.45 bits per heavy atom. The van der Waals surface area contributed by atoms with Gasteiger partial charge in [-0.3, -0.25) is 9.63 Å². The monoisotopic (exact) mass is 163 g/mol. The highest BCUT2D eigenvalue weighted by Crippen LogP contribution is 1.91. The molecule has 0 bridgehead atoms. The Balaban J connectivity index is 3.94. The average molecular weight is 163 g/mol. The summed E-state index contributed by atoms with van der Waals surface area (Å²) in [6.45, 7) is -0.539. The van der Waals surface area contributed by atoms with E-state index in [2.05, 4.69) is 9.57 Å². The van der Waals surface area contributed by atoms with Crippen LogP contribution in [0.4, 0.5) is 4.79 Å². The molecular weight excluding hydrogens is 154 g/mol. The van der Waals surface area contributed by atoms with Gasteiger partial charge in [-0.25, -0.2) is 4.79 Å². The van der Waals surface area contributed by atoms with Crippen molar-refractivity contribution in [3.05, 3.63) is 0 Å². The summed E-state index contributed by atoms with van der Waals surface area (Å²) in [5, 5.41) is 8.82. The number of carbonyl (C=O) groups excluding carboxylic acids is 1. The number of rotatable bonds is 3. The third-order valence-electron chi connectivity index (χ3n) is 0.878. The summed E-state index contributed by atoms with van der Waals surface area (Å²) < 4.78 is 4.20. The molecule has 0 atom stereocenters. The molecule has 0 heterocycles. The predicted octanol–water partition coefficient (Wildman–Crippen LogP) is -0.299. The molecule has 6 heteroatoms. The van der Waals surface area contributed by atoms with Crippen molar-refractivity contribution >= 4 is 12.1 Å². The maximum Gasteiger partial charge on any atom is 0.434 e.